The second-order valence-electron chi connectivity index (χ2n) is 8.84. The van der Waals surface area contributed by atoms with Crippen LogP contribution in [0.15, 0.2) is 88.9 Å². The normalized spacial score (nSPS) is 17.4. The van der Waals surface area contributed by atoms with Crippen LogP contribution in [0.3, 0.4) is 0 Å². The number of aliphatic imine (C=N–C) groups is 1. The number of nitrogens with one attached hydrogen (secondary N) is 1. The molecule has 1 atom stereocenters. The summed E-state index contributed by atoms with van der Waals surface area (Å²) >= 11 is 1.52. The van der Waals surface area contributed by atoms with Crippen molar-refractivity contribution in [2.75, 3.05) is 33.3 Å². The first-order chi connectivity index (χ1) is 16.8. The van der Waals surface area contributed by atoms with Crippen LogP contribution in [-0.2, 0) is 9.53 Å². The molecule has 192 valence electrons. The minimum Gasteiger partial charge on any atom is -0.374 e. The topological polar surface area (TPSA) is 53.9 Å². The van der Waals surface area contributed by atoms with Gasteiger partial charge in [-0.15, -0.1) is 0 Å². The Labute approximate surface area is 217 Å². The summed E-state index contributed by atoms with van der Waals surface area (Å²) in [4.78, 5) is 20.0. The number of allylic oxidation sites excluding steroid dienone is 8. The van der Waals surface area contributed by atoms with Crippen LogP contribution in [0.5, 0.6) is 0 Å². The Morgan fingerprint density at radius 2 is 1.83 bits per heavy atom. The van der Waals surface area contributed by atoms with Crippen LogP contribution in [0.1, 0.15) is 40.0 Å². The molecule has 0 aromatic carbocycles. The largest absolute Gasteiger partial charge is 0.374 e. The average molecular weight is 498 g/mol. The van der Waals surface area contributed by atoms with Crippen molar-refractivity contribution in [1.29, 1.82) is 0 Å². The molecule has 1 fully saturated rings. The average Bonchev–Trinajstić information content (AvgIpc) is 2.82. The molecule has 0 spiro atoms. The van der Waals surface area contributed by atoms with Crippen molar-refractivity contribution in [3.63, 3.8) is 0 Å². The van der Waals surface area contributed by atoms with Gasteiger partial charge in [0.1, 0.15) is 0 Å². The number of thioether (sulfide) groups is 1. The van der Waals surface area contributed by atoms with E-state index in [1.54, 1.807) is 18.7 Å². The second kappa shape index (κ2) is 17.9. The summed E-state index contributed by atoms with van der Waals surface area (Å²) in [5, 5.41) is 3.11. The number of carbonyl (C=O) groups is 1. The molecule has 1 unspecified atom stereocenters. The van der Waals surface area contributed by atoms with Crippen LogP contribution in [0.2, 0.25) is 0 Å². The second-order valence-corrected chi connectivity index (χ2v) is 9.81. The molecule has 1 aliphatic rings. The lowest BCUT2D eigenvalue weighted by Crippen LogP contribution is -2.49. The quantitative estimate of drug-likeness (QED) is 0.171. The first kappa shape index (κ1) is 30.6. The fraction of sp³-hybridized carbons (Fsp3) is 0.448. The van der Waals surface area contributed by atoms with Gasteiger partial charge in [0, 0.05) is 38.0 Å². The molecule has 6 heteroatoms. The van der Waals surface area contributed by atoms with Crippen molar-refractivity contribution >= 4 is 23.2 Å². The van der Waals surface area contributed by atoms with Gasteiger partial charge in [0.05, 0.1) is 24.3 Å². The molecule has 1 N–H and O–H groups in total. The number of nitrogens with zero attached hydrogens (tertiary/aromatic N) is 2. The Morgan fingerprint density at radius 1 is 1.14 bits per heavy atom. The van der Waals surface area contributed by atoms with E-state index in [-0.39, 0.29) is 18.1 Å². The molecule has 0 bridgehead atoms. The van der Waals surface area contributed by atoms with Crippen LogP contribution < -0.4 is 5.32 Å². The van der Waals surface area contributed by atoms with E-state index in [0.717, 1.165) is 42.0 Å². The maximum atomic E-state index is 12.6. The number of amides is 1. The molecule has 0 aromatic heterocycles. The highest BCUT2D eigenvalue weighted by Crippen LogP contribution is 2.24. The smallest absolute Gasteiger partial charge is 0.224 e. The highest BCUT2D eigenvalue weighted by atomic mass is 32.2. The van der Waals surface area contributed by atoms with Gasteiger partial charge in [0.25, 0.3) is 0 Å². The summed E-state index contributed by atoms with van der Waals surface area (Å²) in [5.74, 6) is 0.0143. The van der Waals surface area contributed by atoms with E-state index >= 15 is 0 Å². The molecular formula is C29H43N3O2S. The lowest BCUT2D eigenvalue weighted by atomic mass is 10.0. The SMILES string of the molecule is C=C/C=C\C=C(/C)COC1CCN(C(CNC(=O)C/C(C)=C\C=C/C(=C)C)C(=C)SC=NC)CC1. The number of rotatable bonds is 15. The van der Waals surface area contributed by atoms with Gasteiger partial charge in [0.15, 0.2) is 0 Å². The van der Waals surface area contributed by atoms with Crippen LogP contribution in [0, 0.1) is 0 Å². The fourth-order valence-corrected chi connectivity index (χ4v) is 4.19. The minimum absolute atomic E-state index is 0.0143. The zero-order valence-corrected chi connectivity index (χ0v) is 22.8. The molecule has 0 radical (unpaired) electrons. The van der Waals surface area contributed by atoms with Gasteiger partial charge in [0.2, 0.25) is 5.91 Å². The Bertz CT molecular complexity index is 859. The molecule has 0 aliphatic carbocycles. The van der Waals surface area contributed by atoms with Crippen molar-refractivity contribution in [2.24, 2.45) is 4.99 Å². The van der Waals surface area contributed by atoms with Crippen LogP contribution in [0.25, 0.3) is 0 Å². The molecule has 35 heavy (non-hydrogen) atoms. The lowest BCUT2D eigenvalue weighted by molar-refractivity contribution is -0.120. The predicted octanol–water partition coefficient (Wildman–Crippen LogP) is 6.01. The summed E-state index contributed by atoms with van der Waals surface area (Å²) in [6, 6.07) is 0.0427. The number of hydrogen-bond acceptors (Lipinski definition) is 5. The van der Waals surface area contributed by atoms with Crippen LogP contribution in [0.4, 0.5) is 0 Å². The van der Waals surface area contributed by atoms with E-state index in [1.165, 1.54) is 17.3 Å². The highest BCUT2D eigenvalue weighted by molar-refractivity contribution is 8.15. The molecule has 1 heterocycles. The van der Waals surface area contributed by atoms with E-state index in [2.05, 4.69) is 47.9 Å². The third-order valence-electron chi connectivity index (χ3n) is 5.47. The van der Waals surface area contributed by atoms with Gasteiger partial charge in [-0.05, 0) is 39.2 Å². The Kier molecular flexibility index (Phi) is 15.7. The standard InChI is InChI=1S/C29H43N3O2S/c1-8-9-10-13-25(5)21-34-27-15-17-32(18-16-27)28(26(6)35-22-30-7)20-31-29(33)19-24(4)14-11-12-23(2)3/h8-14,22,27-28H,1-2,6,15-21H2,3-5,7H3,(H,31,33)/b10-9-,12-11-,24-14-,25-13+,30-22?. The van der Waals surface area contributed by atoms with E-state index in [1.807, 2.05) is 44.2 Å². The van der Waals surface area contributed by atoms with Crippen LogP contribution >= 0.6 is 11.8 Å². The summed E-state index contributed by atoms with van der Waals surface area (Å²) in [5.41, 5.74) is 4.97. The monoisotopic (exact) mass is 497 g/mol. The Hall–Kier alpha value is -2.41. The van der Waals surface area contributed by atoms with Gasteiger partial charge >= 0.3 is 0 Å². The molecule has 0 aromatic rings. The van der Waals surface area contributed by atoms with Crippen molar-refractivity contribution in [1.82, 2.24) is 10.2 Å². The molecule has 1 aliphatic heterocycles. The lowest BCUT2D eigenvalue weighted by Gasteiger charge is -2.38. The fourth-order valence-electron chi connectivity index (χ4n) is 3.56. The first-order valence-corrected chi connectivity index (χ1v) is 13.0. The number of likely N-dealkylation sites (tertiary alicyclic amines) is 1. The summed E-state index contributed by atoms with van der Waals surface area (Å²) in [7, 11) is 1.75. The van der Waals surface area contributed by atoms with E-state index in [4.69, 9.17) is 4.74 Å². The molecular weight excluding hydrogens is 454 g/mol. The van der Waals surface area contributed by atoms with Gasteiger partial charge in [-0.2, -0.15) is 0 Å². The predicted molar refractivity (Wildman–Crippen MR) is 154 cm³/mol. The first-order valence-electron chi connectivity index (χ1n) is 12.1. The molecule has 1 rings (SSSR count). The molecule has 0 saturated carbocycles. The van der Waals surface area contributed by atoms with Crippen molar-refractivity contribution in [2.45, 2.75) is 52.2 Å². The third-order valence-corrected chi connectivity index (χ3v) is 6.36. The van der Waals surface area contributed by atoms with E-state index < -0.39 is 0 Å². The maximum absolute atomic E-state index is 12.6. The zero-order valence-electron chi connectivity index (χ0n) is 22.0. The van der Waals surface area contributed by atoms with Crippen molar-refractivity contribution < 1.29 is 9.53 Å². The van der Waals surface area contributed by atoms with Gasteiger partial charge in [-0.25, -0.2) is 0 Å². The number of carbonyl (C=O) groups excluding carboxylic acids is 1. The van der Waals surface area contributed by atoms with Gasteiger partial charge in [-0.3, -0.25) is 14.7 Å². The number of piperidine rings is 1. The maximum Gasteiger partial charge on any atom is 0.224 e. The van der Waals surface area contributed by atoms with Crippen molar-refractivity contribution in [3.05, 3.63) is 83.9 Å². The summed E-state index contributed by atoms with van der Waals surface area (Å²) in [6.45, 7) is 20.7. The van der Waals surface area contributed by atoms with Gasteiger partial charge in [-0.1, -0.05) is 85.2 Å². The molecule has 5 nitrogen and oxygen atoms in total. The minimum atomic E-state index is 0.0143. The molecule has 1 saturated heterocycles. The third kappa shape index (κ3) is 13.9. The number of ether oxygens (including phenoxy) is 1. The zero-order chi connectivity index (χ0) is 26.1. The summed E-state index contributed by atoms with van der Waals surface area (Å²) in [6.07, 6.45) is 16.0. The Balaban J connectivity index is 2.64. The van der Waals surface area contributed by atoms with Gasteiger partial charge < -0.3 is 10.1 Å². The highest BCUT2D eigenvalue weighted by Gasteiger charge is 2.27. The van der Waals surface area contributed by atoms with E-state index in [9.17, 15) is 4.79 Å². The number of hydrogen-bond donors (Lipinski definition) is 1. The van der Waals surface area contributed by atoms with Crippen LogP contribution in [-0.4, -0.2) is 61.8 Å². The summed E-state index contributed by atoms with van der Waals surface area (Å²) < 4.78 is 6.13. The van der Waals surface area contributed by atoms with E-state index in [0.29, 0.717) is 19.6 Å². The van der Waals surface area contributed by atoms with Crippen molar-refractivity contribution in [3.8, 4) is 0 Å². The Morgan fingerprint density at radius 3 is 2.46 bits per heavy atom. The molecule has 1 amide bonds.